The minimum absolute atomic E-state index is 0.0450. The summed E-state index contributed by atoms with van der Waals surface area (Å²) < 4.78 is 17.1. The second-order valence-electron chi connectivity index (χ2n) is 11.4. The third-order valence-corrected chi connectivity index (χ3v) is 6.88. The molecule has 0 N–H and O–H groups in total. The second kappa shape index (κ2) is 11.7. The van der Waals surface area contributed by atoms with Gasteiger partial charge in [-0.1, -0.05) is 80.1 Å². The number of rotatable bonds is 14. The molecule has 5 heteroatoms. The molecule has 31 heavy (non-hydrogen) atoms. The fourth-order valence-electron chi connectivity index (χ4n) is 4.54. The largest absolute Gasteiger partial charge is 0.465 e. The zero-order valence-corrected chi connectivity index (χ0v) is 20.8. The zero-order valence-electron chi connectivity index (χ0n) is 20.8. The van der Waals surface area contributed by atoms with Gasteiger partial charge < -0.3 is 14.2 Å². The summed E-state index contributed by atoms with van der Waals surface area (Å²) in [5.41, 5.74) is -0.0900. The van der Waals surface area contributed by atoms with Crippen molar-refractivity contribution in [2.75, 3.05) is 13.2 Å². The monoisotopic (exact) mass is 438 g/mol. The molecule has 2 rings (SSSR count). The normalized spacial score (nSPS) is 25.6. The fourth-order valence-corrected chi connectivity index (χ4v) is 4.54. The predicted molar refractivity (Wildman–Crippen MR) is 123 cm³/mol. The molecule has 1 saturated heterocycles. The molecule has 4 unspecified atom stereocenters. The van der Waals surface area contributed by atoms with Crippen LogP contribution < -0.4 is 0 Å². The van der Waals surface area contributed by atoms with Crippen LogP contribution in [0.2, 0.25) is 0 Å². The Labute approximate surface area is 190 Å². The molecule has 0 aromatic rings. The van der Waals surface area contributed by atoms with E-state index in [1.54, 1.807) is 0 Å². The molecule has 0 amide bonds. The third-order valence-electron chi connectivity index (χ3n) is 6.88. The highest BCUT2D eigenvalue weighted by molar-refractivity contribution is 5.82. The standard InChI is InChI=1S/C26H46O5/c1-7-9-11-13-25(3,4)17-29-23(27)19-15-21-22(31-21)16-20(19)24(28)30-18-26(5,6)14-12-10-8-2/h19-22H,7-18H2,1-6H3. The zero-order chi connectivity index (χ0) is 23.1. The van der Waals surface area contributed by atoms with Gasteiger partial charge in [-0.2, -0.15) is 0 Å². The molecule has 0 radical (unpaired) electrons. The van der Waals surface area contributed by atoms with Crippen molar-refractivity contribution in [1.29, 1.82) is 0 Å². The molecule has 1 saturated carbocycles. The molecule has 180 valence electrons. The predicted octanol–water partition coefficient (Wildman–Crippen LogP) is 6.08. The van der Waals surface area contributed by atoms with Gasteiger partial charge in [0.05, 0.1) is 37.3 Å². The average Bonchev–Trinajstić information content (AvgIpc) is 3.48. The maximum atomic E-state index is 12.9. The van der Waals surface area contributed by atoms with E-state index in [9.17, 15) is 9.59 Å². The van der Waals surface area contributed by atoms with Crippen LogP contribution >= 0.6 is 0 Å². The van der Waals surface area contributed by atoms with Crippen molar-refractivity contribution in [3.8, 4) is 0 Å². The van der Waals surface area contributed by atoms with Crippen LogP contribution in [0, 0.1) is 22.7 Å². The molecular weight excluding hydrogens is 392 g/mol. The van der Waals surface area contributed by atoms with Gasteiger partial charge in [-0.15, -0.1) is 0 Å². The summed E-state index contributed by atoms with van der Waals surface area (Å²) in [7, 11) is 0. The third kappa shape index (κ3) is 8.75. The van der Waals surface area contributed by atoms with Crippen LogP contribution in [0.5, 0.6) is 0 Å². The summed E-state index contributed by atoms with van der Waals surface area (Å²) in [6.07, 6.45) is 10.5. The minimum atomic E-state index is -0.453. The quantitative estimate of drug-likeness (QED) is 0.187. The Morgan fingerprint density at radius 1 is 0.742 bits per heavy atom. The van der Waals surface area contributed by atoms with Gasteiger partial charge in [-0.05, 0) is 36.5 Å². The number of epoxide rings is 1. The van der Waals surface area contributed by atoms with Crippen LogP contribution in [0.1, 0.15) is 106 Å². The van der Waals surface area contributed by atoms with Gasteiger partial charge in [0.25, 0.3) is 0 Å². The molecule has 4 atom stereocenters. The average molecular weight is 439 g/mol. The molecule has 0 aromatic heterocycles. The number of carbonyl (C=O) groups excluding carboxylic acids is 2. The summed E-state index contributed by atoms with van der Waals surface area (Å²) in [6.45, 7) is 13.7. The van der Waals surface area contributed by atoms with Crippen LogP contribution in [-0.4, -0.2) is 37.4 Å². The number of unbranched alkanes of at least 4 members (excludes halogenated alkanes) is 4. The smallest absolute Gasteiger partial charge is 0.309 e. The maximum absolute atomic E-state index is 12.9. The Hall–Kier alpha value is -1.10. The van der Waals surface area contributed by atoms with Crippen LogP contribution in [0.15, 0.2) is 0 Å². The van der Waals surface area contributed by atoms with Crippen molar-refractivity contribution in [3.05, 3.63) is 0 Å². The molecule has 1 heterocycles. The first-order valence-electron chi connectivity index (χ1n) is 12.6. The van der Waals surface area contributed by atoms with Gasteiger partial charge in [0.15, 0.2) is 0 Å². The van der Waals surface area contributed by atoms with E-state index in [1.807, 2.05) is 0 Å². The van der Waals surface area contributed by atoms with Crippen molar-refractivity contribution in [3.63, 3.8) is 0 Å². The molecule has 1 aliphatic heterocycles. The molecule has 1 aliphatic carbocycles. The molecule has 0 aromatic carbocycles. The van der Waals surface area contributed by atoms with E-state index in [0.29, 0.717) is 26.1 Å². The van der Waals surface area contributed by atoms with E-state index in [-0.39, 0.29) is 35.0 Å². The Balaban J connectivity index is 1.88. The SMILES string of the molecule is CCCCCC(C)(C)COC(=O)C1CC2OC2CC1C(=O)OCC(C)(C)CCCCC. The summed E-state index contributed by atoms with van der Waals surface area (Å²) in [4.78, 5) is 25.9. The highest BCUT2D eigenvalue weighted by atomic mass is 16.6. The van der Waals surface area contributed by atoms with Gasteiger partial charge in [-0.3, -0.25) is 9.59 Å². The lowest BCUT2D eigenvalue weighted by Crippen LogP contribution is -2.39. The second-order valence-corrected chi connectivity index (χ2v) is 11.4. The Morgan fingerprint density at radius 3 is 1.48 bits per heavy atom. The summed E-state index contributed by atoms with van der Waals surface area (Å²) >= 11 is 0. The molecular formula is C26H46O5. The fraction of sp³-hybridized carbons (Fsp3) is 0.923. The topological polar surface area (TPSA) is 65.1 Å². The molecule has 2 fully saturated rings. The molecule has 2 aliphatic rings. The van der Waals surface area contributed by atoms with E-state index in [4.69, 9.17) is 14.2 Å². The molecule has 0 spiro atoms. The highest BCUT2D eigenvalue weighted by Gasteiger charge is 2.53. The van der Waals surface area contributed by atoms with Crippen LogP contribution in [-0.2, 0) is 23.8 Å². The summed E-state index contributed by atoms with van der Waals surface area (Å²) in [5.74, 6) is -1.43. The minimum Gasteiger partial charge on any atom is -0.465 e. The Morgan fingerprint density at radius 2 is 1.13 bits per heavy atom. The van der Waals surface area contributed by atoms with Gasteiger partial charge in [0.2, 0.25) is 0 Å². The lowest BCUT2D eigenvalue weighted by atomic mass is 9.79. The van der Waals surface area contributed by atoms with Crippen LogP contribution in [0.4, 0.5) is 0 Å². The van der Waals surface area contributed by atoms with Crippen molar-refractivity contribution in [2.24, 2.45) is 22.7 Å². The van der Waals surface area contributed by atoms with Crippen molar-refractivity contribution in [2.45, 2.75) is 118 Å². The van der Waals surface area contributed by atoms with Crippen LogP contribution in [0.3, 0.4) is 0 Å². The lowest BCUT2D eigenvalue weighted by molar-refractivity contribution is -0.165. The first-order chi connectivity index (χ1) is 14.6. The van der Waals surface area contributed by atoms with Gasteiger partial charge in [0, 0.05) is 0 Å². The van der Waals surface area contributed by atoms with Crippen molar-refractivity contribution < 1.29 is 23.8 Å². The van der Waals surface area contributed by atoms with E-state index in [1.165, 1.54) is 25.7 Å². The maximum Gasteiger partial charge on any atom is 0.309 e. The number of ether oxygens (including phenoxy) is 3. The van der Waals surface area contributed by atoms with Crippen LogP contribution in [0.25, 0.3) is 0 Å². The highest BCUT2D eigenvalue weighted by Crippen LogP contribution is 2.44. The number of esters is 2. The number of carbonyl (C=O) groups is 2. The van der Waals surface area contributed by atoms with Gasteiger partial charge >= 0.3 is 11.9 Å². The Kier molecular flexibility index (Phi) is 9.85. The van der Waals surface area contributed by atoms with Gasteiger partial charge in [-0.25, -0.2) is 0 Å². The van der Waals surface area contributed by atoms with E-state index in [2.05, 4.69) is 41.5 Å². The lowest BCUT2D eigenvalue weighted by Gasteiger charge is -2.30. The van der Waals surface area contributed by atoms with E-state index < -0.39 is 11.8 Å². The number of hydrogen-bond acceptors (Lipinski definition) is 5. The first-order valence-corrected chi connectivity index (χ1v) is 12.6. The Bertz CT molecular complexity index is 532. The van der Waals surface area contributed by atoms with Crippen molar-refractivity contribution >= 4 is 11.9 Å². The number of hydrogen-bond donors (Lipinski definition) is 0. The van der Waals surface area contributed by atoms with Gasteiger partial charge in [0.1, 0.15) is 0 Å². The van der Waals surface area contributed by atoms with E-state index in [0.717, 1.165) is 25.7 Å². The molecule has 0 bridgehead atoms. The van der Waals surface area contributed by atoms with E-state index >= 15 is 0 Å². The number of fused-ring (bicyclic) bond motifs is 1. The molecule has 5 nitrogen and oxygen atoms in total. The van der Waals surface area contributed by atoms with Crippen molar-refractivity contribution in [1.82, 2.24) is 0 Å². The first kappa shape index (κ1) is 26.2. The summed E-state index contributed by atoms with van der Waals surface area (Å²) in [6, 6.07) is 0. The summed E-state index contributed by atoms with van der Waals surface area (Å²) in [5, 5.41) is 0.